The maximum Gasteiger partial charge on any atom is 0.230 e. The minimum Gasteiger partial charge on any atom is -0.329 e. The highest BCUT2D eigenvalue weighted by Crippen LogP contribution is 2.38. The van der Waals surface area contributed by atoms with Crippen LogP contribution in [0.5, 0.6) is 0 Å². The fourth-order valence-corrected chi connectivity index (χ4v) is 5.17. The Morgan fingerprint density at radius 1 is 1.16 bits per heavy atom. The molecule has 0 bridgehead atoms. The van der Waals surface area contributed by atoms with E-state index < -0.39 is 0 Å². The van der Waals surface area contributed by atoms with Crippen LogP contribution < -0.4 is 10.6 Å². The molecule has 1 saturated carbocycles. The zero-order valence-corrected chi connectivity index (χ0v) is 19.2. The van der Waals surface area contributed by atoms with Crippen LogP contribution in [-0.2, 0) is 4.79 Å². The summed E-state index contributed by atoms with van der Waals surface area (Å²) >= 11 is 7.92. The number of carbonyl (C=O) groups is 1. The number of aromatic nitrogens is 4. The summed E-state index contributed by atoms with van der Waals surface area (Å²) in [4.78, 5) is 12.9. The SMILES string of the molecule is CC1(C(=O)Nc2cccc(-c3nnc(Nc4ccc5[nH]ncc5c4Cl)s3)c2)CCCCC1. The summed E-state index contributed by atoms with van der Waals surface area (Å²) in [5.41, 5.74) is 3.00. The molecule has 2 aromatic carbocycles. The summed E-state index contributed by atoms with van der Waals surface area (Å²) in [5.74, 6) is 0.0956. The maximum absolute atomic E-state index is 12.9. The predicted octanol–water partition coefficient (Wildman–Crippen LogP) is 6.39. The van der Waals surface area contributed by atoms with Crippen molar-refractivity contribution in [1.82, 2.24) is 20.4 Å². The zero-order valence-electron chi connectivity index (χ0n) is 17.6. The van der Waals surface area contributed by atoms with Crippen LogP contribution in [0.3, 0.4) is 0 Å². The number of fused-ring (bicyclic) bond motifs is 1. The van der Waals surface area contributed by atoms with Gasteiger partial charge in [0.25, 0.3) is 0 Å². The van der Waals surface area contributed by atoms with E-state index in [4.69, 9.17) is 11.6 Å². The molecule has 2 heterocycles. The highest BCUT2D eigenvalue weighted by Gasteiger charge is 2.34. The van der Waals surface area contributed by atoms with Crippen molar-refractivity contribution < 1.29 is 4.79 Å². The Hall–Kier alpha value is -2.97. The quantitative estimate of drug-likeness (QED) is 0.317. The maximum atomic E-state index is 12.9. The number of aromatic amines is 1. The summed E-state index contributed by atoms with van der Waals surface area (Å²) in [6.45, 7) is 2.07. The van der Waals surface area contributed by atoms with E-state index in [-0.39, 0.29) is 11.3 Å². The minimum atomic E-state index is -0.288. The number of rotatable bonds is 5. The van der Waals surface area contributed by atoms with Gasteiger partial charge in [0.15, 0.2) is 0 Å². The van der Waals surface area contributed by atoms with Crippen molar-refractivity contribution in [2.24, 2.45) is 5.41 Å². The van der Waals surface area contributed by atoms with E-state index in [0.717, 1.165) is 58.5 Å². The van der Waals surface area contributed by atoms with E-state index in [9.17, 15) is 4.79 Å². The molecule has 164 valence electrons. The number of hydrogen-bond donors (Lipinski definition) is 3. The molecule has 0 saturated heterocycles. The van der Waals surface area contributed by atoms with Crippen LogP contribution in [0.2, 0.25) is 5.02 Å². The van der Waals surface area contributed by atoms with E-state index in [1.807, 2.05) is 36.4 Å². The predicted molar refractivity (Wildman–Crippen MR) is 130 cm³/mol. The van der Waals surface area contributed by atoms with Crippen LogP contribution in [0.15, 0.2) is 42.6 Å². The van der Waals surface area contributed by atoms with Gasteiger partial charge in [0.1, 0.15) is 5.01 Å². The second-order valence-corrected chi connectivity index (χ2v) is 9.81. The second kappa shape index (κ2) is 8.52. The molecule has 0 aliphatic heterocycles. The van der Waals surface area contributed by atoms with E-state index in [2.05, 4.69) is 38.0 Å². The molecule has 4 aromatic rings. The zero-order chi connectivity index (χ0) is 22.1. The summed E-state index contributed by atoms with van der Waals surface area (Å²) in [5, 5.41) is 24.7. The molecule has 0 unspecified atom stereocenters. The first-order valence-electron chi connectivity index (χ1n) is 10.7. The molecule has 32 heavy (non-hydrogen) atoms. The van der Waals surface area contributed by atoms with Crippen LogP contribution >= 0.6 is 22.9 Å². The van der Waals surface area contributed by atoms with Crippen molar-refractivity contribution in [2.75, 3.05) is 10.6 Å². The average Bonchev–Trinajstić information content (AvgIpc) is 3.47. The first-order chi connectivity index (χ1) is 15.5. The molecule has 1 fully saturated rings. The van der Waals surface area contributed by atoms with Gasteiger partial charge in [-0.3, -0.25) is 9.89 Å². The summed E-state index contributed by atoms with van der Waals surface area (Å²) < 4.78 is 0. The molecular weight excluding hydrogens is 444 g/mol. The number of hydrogen-bond acceptors (Lipinski definition) is 6. The number of benzene rings is 2. The van der Waals surface area contributed by atoms with Gasteiger partial charge >= 0.3 is 0 Å². The van der Waals surface area contributed by atoms with Gasteiger partial charge in [0.05, 0.1) is 22.4 Å². The molecule has 5 rings (SSSR count). The van der Waals surface area contributed by atoms with Crippen LogP contribution in [0.4, 0.5) is 16.5 Å². The first-order valence-corrected chi connectivity index (χ1v) is 11.9. The van der Waals surface area contributed by atoms with Gasteiger partial charge in [-0.1, -0.05) is 61.3 Å². The number of amides is 1. The van der Waals surface area contributed by atoms with Crippen molar-refractivity contribution in [3.63, 3.8) is 0 Å². The molecule has 1 aliphatic carbocycles. The average molecular weight is 467 g/mol. The lowest BCUT2D eigenvalue weighted by Gasteiger charge is -2.32. The van der Waals surface area contributed by atoms with Crippen molar-refractivity contribution in [3.05, 3.63) is 47.6 Å². The standard InChI is InChI=1S/C23H23ClN6OS/c1-23(10-3-2-4-11-23)21(31)26-15-7-5-6-14(12-15)20-29-30-22(32-20)27-18-9-8-17-16(19(18)24)13-25-28-17/h5-9,12-13H,2-4,10-11H2,1H3,(H,25,28)(H,26,31)(H,27,30). The van der Waals surface area contributed by atoms with Crippen LogP contribution in [-0.4, -0.2) is 26.3 Å². The molecule has 2 aromatic heterocycles. The van der Waals surface area contributed by atoms with Gasteiger partial charge in [-0.2, -0.15) is 5.10 Å². The Bertz CT molecular complexity index is 1280. The highest BCUT2D eigenvalue weighted by atomic mass is 35.5. The van der Waals surface area contributed by atoms with Crippen molar-refractivity contribution >= 4 is 56.3 Å². The van der Waals surface area contributed by atoms with Crippen LogP contribution in [0.25, 0.3) is 21.5 Å². The Kier molecular flexibility index (Phi) is 5.57. The highest BCUT2D eigenvalue weighted by molar-refractivity contribution is 7.18. The molecule has 0 radical (unpaired) electrons. The Labute approximate surface area is 194 Å². The molecule has 9 heteroatoms. The monoisotopic (exact) mass is 466 g/mol. The lowest BCUT2D eigenvalue weighted by molar-refractivity contribution is -0.126. The summed E-state index contributed by atoms with van der Waals surface area (Å²) in [6, 6.07) is 11.5. The summed E-state index contributed by atoms with van der Waals surface area (Å²) in [6.07, 6.45) is 7.02. The molecule has 3 N–H and O–H groups in total. The van der Waals surface area contributed by atoms with Gasteiger partial charge in [-0.25, -0.2) is 0 Å². The number of anilines is 3. The molecule has 0 spiro atoms. The largest absolute Gasteiger partial charge is 0.329 e. The van der Waals surface area contributed by atoms with Crippen molar-refractivity contribution in [1.29, 1.82) is 0 Å². The molecule has 1 aliphatic rings. The van der Waals surface area contributed by atoms with Gasteiger partial charge in [0.2, 0.25) is 11.0 Å². The van der Waals surface area contributed by atoms with Gasteiger partial charge in [0, 0.05) is 22.1 Å². The van der Waals surface area contributed by atoms with Gasteiger partial charge in [-0.15, -0.1) is 10.2 Å². The molecule has 1 amide bonds. The second-order valence-electron chi connectivity index (χ2n) is 8.45. The lowest BCUT2D eigenvalue weighted by atomic mass is 9.75. The minimum absolute atomic E-state index is 0.0956. The van der Waals surface area contributed by atoms with Gasteiger partial charge in [-0.05, 0) is 37.1 Å². The van der Waals surface area contributed by atoms with E-state index in [0.29, 0.717) is 10.2 Å². The lowest BCUT2D eigenvalue weighted by Crippen LogP contribution is -2.35. The van der Waals surface area contributed by atoms with Gasteiger partial charge < -0.3 is 10.6 Å². The normalized spacial score (nSPS) is 15.6. The molecule has 7 nitrogen and oxygen atoms in total. The van der Waals surface area contributed by atoms with Crippen molar-refractivity contribution in [2.45, 2.75) is 39.0 Å². The Morgan fingerprint density at radius 2 is 2.00 bits per heavy atom. The molecule has 0 atom stereocenters. The third-order valence-corrected chi connectivity index (χ3v) is 7.39. The number of halogens is 1. The smallest absolute Gasteiger partial charge is 0.230 e. The fourth-order valence-electron chi connectivity index (χ4n) is 4.16. The number of carbonyl (C=O) groups excluding carboxylic acids is 1. The van der Waals surface area contributed by atoms with Crippen LogP contribution in [0, 0.1) is 5.41 Å². The number of nitrogens with zero attached hydrogens (tertiary/aromatic N) is 3. The van der Waals surface area contributed by atoms with E-state index in [1.54, 1.807) is 6.20 Å². The Morgan fingerprint density at radius 3 is 2.84 bits per heavy atom. The van der Waals surface area contributed by atoms with E-state index in [1.165, 1.54) is 17.8 Å². The van der Waals surface area contributed by atoms with E-state index >= 15 is 0 Å². The topological polar surface area (TPSA) is 95.6 Å². The molecular formula is C23H23ClN6OS. The third kappa shape index (κ3) is 4.08. The summed E-state index contributed by atoms with van der Waals surface area (Å²) in [7, 11) is 0. The number of H-pyrrole nitrogens is 1. The Balaban J connectivity index is 1.32. The number of nitrogens with one attached hydrogen (secondary N) is 3. The van der Waals surface area contributed by atoms with Crippen molar-refractivity contribution in [3.8, 4) is 10.6 Å². The first kappa shape index (κ1) is 20.9. The third-order valence-electron chi connectivity index (χ3n) is 6.10. The van der Waals surface area contributed by atoms with Crippen LogP contribution in [0.1, 0.15) is 39.0 Å². The fraction of sp³-hybridized carbons (Fsp3) is 0.304.